The molecule has 1 atom stereocenters. The highest BCUT2D eigenvalue weighted by atomic mass is 15.1. The van der Waals surface area contributed by atoms with E-state index in [0.717, 1.165) is 18.7 Å². The minimum Gasteiger partial charge on any atom is -0.399 e. The average molecular weight is 206 g/mol. The lowest BCUT2D eigenvalue weighted by molar-refractivity contribution is 0.630. The van der Waals surface area contributed by atoms with Gasteiger partial charge in [-0.25, -0.2) is 0 Å². The maximum absolute atomic E-state index is 5.87. The molecule has 1 unspecified atom stereocenters. The Morgan fingerprint density at radius 3 is 2.40 bits per heavy atom. The summed E-state index contributed by atoms with van der Waals surface area (Å²) < 4.78 is 0. The normalized spacial score (nSPS) is 12.5. The minimum absolute atomic E-state index is 0.566. The van der Waals surface area contributed by atoms with Crippen molar-refractivity contribution in [3.8, 4) is 0 Å². The number of hydrogen-bond acceptors (Lipinski definition) is 2. The molecule has 0 aliphatic heterocycles. The number of nitrogens with two attached hydrogens (primary N) is 1. The molecule has 1 aromatic rings. The van der Waals surface area contributed by atoms with E-state index in [9.17, 15) is 0 Å². The minimum atomic E-state index is 0.566. The van der Waals surface area contributed by atoms with Crippen LogP contribution in [0.5, 0.6) is 0 Å². The molecule has 2 N–H and O–H groups in total. The van der Waals surface area contributed by atoms with Gasteiger partial charge in [-0.1, -0.05) is 6.92 Å². The molecule has 2 heteroatoms. The molecule has 0 aromatic heterocycles. The molecule has 15 heavy (non-hydrogen) atoms. The number of nitrogens with zero attached hydrogens (tertiary/aromatic N) is 1. The molecule has 1 aromatic carbocycles. The molecule has 1 rings (SSSR count). The van der Waals surface area contributed by atoms with Crippen molar-refractivity contribution in [1.29, 1.82) is 0 Å². The SMILES string of the molecule is CCC(C)N(CC)c1cc(C)cc(N)c1. The molecule has 0 heterocycles. The van der Waals surface area contributed by atoms with E-state index < -0.39 is 0 Å². The third kappa shape index (κ3) is 2.88. The topological polar surface area (TPSA) is 29.3 Å². The van der Waals surface area contributed by atoms with Gasteiger partial charge in [0.2, 0.25) is 0 Å². The van der Waals surface area contributed by atoms with Crippen molar-refractivity contribution in [2.75, 3.05) is 17.2 Å². The highest BCUT2D eigenvalue weighted by Crippen LogP contribution is 2.22. The van der Waals surface area contributed by atoms with Crippen LogP contribution in [0.1, 0.15) is 32.8 Å². The van der Waals surface area contributed by atoms with Crippen molar-refractivity contribution < 1.29 is 0 Å². The highest BCUT2D eigenvalue weighted by molar-refractivity contribution is 5.58. The largest absolute Gasteiger partial charge is 0.399 e. The Balaban J connectivity index is 3.01. The van der Waals surface area contributed by atoms with Crippen LogP contribution in [0.25, 0.3) is 0 Å². The Labute approximate surface area is 93.1 Å². The van der Waals surface area contributed by atoms with Crippen molar-refractivity contribution in [1.82, 2.24) is 0 Å². The van der Waals surface area contributed by atoms with Crippen molar-refractivity contribution in [3.05, 3.63) is 23.8 Å². The Morgan fingerprint density at radius 1 is 1.27 bits per heavy atom. The lowest BCUT2D eigenvalue weighted by atomic mass is 10.1. The average Bonchev–Trinajstić information content (AvgIpc) is 2.17. The van der Waals surface area contributed by atoms with E-state index in [0.29, 0.717) is 6.04 Å². The summed E-state index contributed by atoms with van der Waals surface area (Å²) >= 11 is 0. The van der Waals surface area contributed by atoms with Gasteiger partial charge in [-0.3, -0.25) is 0 Å². The van der Waals surface area contributed by atoms with Crippen LogP contribution in [-0.4, -0.2) is 12.6 Å². The standard InChI is InChI=1S/C13H22N2/c1-5-11(4)15(6-2)13-8-10(3)7-12(14)9-13/h7-9,11H,5-6,14H2,1-4H3. The third-order valence-corrected chi connectivity index (χ3v) is 2.88. The molecular weight excluding hydrogens is 184 g/mol. The van der Waals surface area contributed by atoms with E-state index in [1.165, 1.54) is 11.3 Å². The first-order valence-corrected chi connectivity index (χ1v) is 5.72. The highest BCUT2D eigenvalue weighted by Gasteiger charge is 2.11. The third-order valence-electron chi connectivity index (χ3n) is 2.88. The van der Waals surface area contributed by atoms with E-state index >= 15 is 0 Å². The fourth-order valence-corrected chi connectivity index (χ4v) is 1.93. The number of aryl methyl sites for hydroxylation is 1. The summed E-state index contributed by atoms with van der Waals surface area (Å²) in [5.74, 6) is 0. The van der Waals surface area contributed by atoms with Gasteiger partial charge in [-0.15, -0.1) is 0 Å². The lowest BCUT2D eigenvalue weighted by Gasteiger charge is -2.30. The van der Waals surface area contributed by atoms with Gasteiger partial charge in [-0.2, -0.15) is 0 Å². The Hall–Kier alpha value is -1.18. The van der Waals surface area contributed by atoms with E-state index in [1.807, 2.05) is 6.07 Å². The van der Waals surface area contributed by atoms with Crippen LogP contribution in [-0.2, 0) is 0 Å². The summed E-state index contributed by atoms with van der Waals surface area (Å²) in [5, 5.41) is 0. The van der Waals surface area contributed by atoms with Gasteiger partial charge in [0.1, 0.15) is 0 Å². The van der Waals surface area contributed by atoms with Crippen LogP contribution in [0.2, 0.25) is 0 Å². The number of hydrogen-bond donors (Lipinski definition) is 1. The van der Waals surface area contributed by atoms with Crippen molar-refractivity contribution in [2.24, 2.45) is 0 Å². The van der Waals surface area contributed by atoms with Gasteiger partial charge >= 0.3 is 0 Å². The van der Waals surface area contributed by atoms with Crippen LogP contribution in [0.3, 0.4) is 0 Å². The molecule has 0 aliphatic rings. The second-order valence-corrected chi connectivity index (χ2v) is 4.15. The zero-order chi connectivity index (χ0) is 11.4. The number of benzene rings is 1. The molecule has 0 saturated carbocycles. The first-order valence-electron chi connectivity index (χ1n) is 5.72. The van der Waals surface area contributed by atoms with Gasteiger partial charge in [-0.05, 0) is 51.0 Å². The lowest BCUT2D eigenvalue weighted by Crippen LogP contribution is -2.32. The summed E-state index contributed by atoms with van der Waals surface area (Å²) in [6.07, 6.45) is 1.15. The smallest absolute Gasteiger partial charge is 0.0391 e. The molecular formula is C13H22N2. The molecule has 2 nitrogen and oxygen atoms in total. The van der Waals surface area contributed by atoms with Gasteiger partial charge in [0.05, 0.1) is 0 Å². The zero-order valence-electron chi connectivity index (χ0n) is 10.2. The molecule has 0 amide bonds. The predicted octanol–water partition coefficient (Wildman–Crippen LogP) is 3.20. The van der Waals surface area contributed by atoms with Crippen molar-refractivity contribution >= 4 is 11.4 Å². The number of nitrogen functional groups attached to an aromatic ring is 1. The van der Waals surface area contributed by atoms with Crippen LogP contribution < -0.4 is 10.6 Å². The summed E-state index contributed by atoms with van der Waals surface area (Å²) in [5.41, 5.74) is 9.19. The summed E-state index contributed by atoms with van der Waals surface area (Å²) in [6.45, 7) is 9.77. The molecule has 84 valence electrons. The monoisotopic (exact) mass is 206 g/mol. The fraction of sp³-hybridized carbons (Fsp3) is 0.538. The fourth-order valence-electron chi connectivity index (χ4n) is 1.93. The Morgan fingerprint density at radius 2 is 1.93 bits per heavy atom. The predicted molar refractivity (Wildman–Crippen MR) is 68.4 cm³/mol. The molecule has 0 fully saturated rings. The van der Waals surface area contributed by atoms with Crippen molar-refractivity contribution in [3.63, 3.8) is 0 Å². The first-order chi connectivity index (χ1) is 7.08. The van der Waals surface area contributed by atoms with Crippen molar-refractivity contribution in [2.45, 2.75) is 40.2 Å². The zero-order valence-corrected chi connectivity index (χ0v) is 10.2. The van der Waals surface area contributed by atoms with Gasteiger partial charge in [0, 0.05) is 24.0 Å². The van der Waals surface area contributed by atoms with Crippen LogP contribution in [0.4, 0.5) is 11.4 Å². The Bertz CT molecular complexity index is 300. The van der Waals surface area contributed by atoms with Crippen LogP contribution in [0, 0.1) is 6.92 Å². The summed E-state index contributed by atoms with van der Waals surface area (Å²) in [4.78, 5) is 2.39. The summed E-state index contributed by atoms with van der Waals surface area (Å²) in [6, 6.07) is 6.83. The van der Waals surface area contributed by atoms with E-state index in [-0.39, 0.29) is 0 Å². The first kappa shape index (κ1) is 11.9. The molecule has 0 saturated heterocycles. The van der Waals surface area contributed by atoms with Crippen LogP contribution in [0.15, 0.2) is 18.2 Å². The molecule has 0 aliphatic carbocycles. The van der Waals surface area contributed by atoms with Gasteiger partial charge < -0.3 is 10.6 Å². The van der Waals surface area contributed by atoms with E-state index in [1.54, 1.807) is 0 Å². The molecule has 0 spiro atoms. The molecule has 0 radical (unpaired) electrons. The van der Waals surface area contributed by atoms with E-state index in [2.05, 4.69) is 44.7 Å². The van der Waals surface area contributed by atoms with Gasteiger partial charge in [0.25, 0.3) is 0 Å². The maximum atomic E-state index is 5.87. The van der Waals surface area contributed by atoms with Crippen LogP contribution >= 0.6 is 0 Å². The van der Waals surface area contributed by atoms with E-state index in [4.69, 9.17) is 5.73 Å². The Kier molecular flexibility index (Phi) is 4.01. The molecule has 0 bridgehead atoms. The number of rotatable bonds is 4. The van der Waals surface area contributed by atoms with Gasteiger partial charge in [0.15, 0.2) is 0 Å². The second-order valence-electron chi connectivity index (χ2n) is 4.15. The summed E-state index contributed by atoms with van der Waals surface area (Å²) in [7, 11) is 0. The second kappa shape index (κ2) is 5.06. The quantitative estimate of drug-likeness (QED) is 0.766. The maximum Gasteiger partial charge on any atom is 0.0391 e. The number of anilines is 2.